The Balaban J connectivity index is 1.89. The molecule has 2 N–H and O–H groups in total. The summed E-state index contributed by atoms with van der Waals surface area (Å²) in [5.41, 5.74) is 6.66. The van der Waals surface area contributed by atoms with E-state index >= 15 is 0 Å². The highest BCUT2D eigenvalue weighted by Gasteiger charge is 2.36. The van der Waals surface area contributed by atoms with Crippen molar-refractivity contribution in [3.63, 3.8) is 0 Å². The van der Waals surface area contributed by atoms with Crippen LogP contribution in [0.5, 0.6) is 0 Å². The van der Waals surface area contributed by atoms with Crippen LogP contribution in [0.3, 0.4) is 0 Å². The summed E-state index contributed by atoms with van der Waals surface area (Å²) in [7, 11) is 0. The first kappa shape index (κ1) is 12.2. The van der Waals surface area contributed by atoms with E-state index in [1.807, 2.05) is 6.07 Å². The van der Waals surface area contributed by atoms with Crippen molar-refractivity contribution in [2.24, 2.45) is 5.73 Å². The minimum Gasteiger partial charge on any atom is -0.374 e. The van der Waals surface area contributed by atoms with E-state index < -0.39 is 0 Å². The Morgan fingerprint density at radius 1 is 1.50 bits per heavy atom. The van der Waals surface area contributed by atoms with Gasteiger partial charge in [-0.3, -0.25) is 0 Å². The molecule has 0 bridgehead atoms. The summed E-state index contributed by atoms with van der Waals surface area (Å²) in [4.78, 5) is 6.81. The zero-order chi connectivity index (χ0) is 12.5. The maximum absolute atomic E-state index is 6.06. The third-order valence-corrected chi connectivity index (χ3v) is 4.26. The van der Waals surface area contributed by atoms with Crippen molar-refractivity contribution < 1.29 is 4.74 Å². The quantitative estimate of drug-likeness (QED) is 0.890. The lowest BCUT2D eigenvalue weighted by Crippen LogP contribution is -2.49. The van der Waals surface area contributed by atoms with Gasteiger partial charge in [0.25, 0.3) is 0 Å². The van der Waals surface area contributed by atoms with Crippen LogP contribution in [0.1, 0.15) is 24.8 Å². The molecule has 2 atom stereocenters. The molecule has 2 heterocycles. The molecule has 0 amide bonds. The molecule has 2 aliphatic rings. The zero-order valence-electron chi connectivity index (χ0n) is 10.3. The molecule has 2 fully saturated rings. The number of ether oxygens (including phenoxy) is 1. The van der Waals surface area contributed by atoms with Crippen LogP contribution in [0.25, 0.3) is 0 Å². The fourth-order valence-electron chi connectivity index (χ4n) is 2.99. The molecule has 3 rings (SSSR count). The summed E-state index contributed by atoms with van der Waals surface area (Å²) >= 11 is 6.06. The fraction of sp³-hybridized carbons (Fsp3) is 0.615. The van der Waals surface area contributed by atoms with Crippen molar-refractivity contribution in [2.75, 3.05) is 18.1 Å². The summed E-state index contributed by atoms with van der Waals surface area (Å²) in [5.74, 6) is 0.986. The molecule has 0 spiro atoms. The summed E-state index contributed by atoms with van der Waals surface area (Å²) in [6, 6.07) is 2.49. The van der Waals surface area contributed by atoms with Crippen LogP contribution in [0.15, 0.2) is 12.3 Å². The molecule has 1 aliphatic carbocycles. The Bertz CT molecular complexity index is 440. The minimum atomic E-state index is 0.373. The van der Waals surface area contributed by atoms with Crippen LogP contribution in [0, 0.1) is 0 Å². The number of halogens is 1. The van der Waals surface area contributed by atoms with Crippen LogP contribution in [-0.4, -0.2) is 30.3 Å². The van der Waals surface area contributed by atoms with Gasteiger partial charge in [0.1, 0.15) is 5.82 Å². The van der Waals surface area contributed by atoms with Crippen molar-refractivity contribution in [1.29, 1.82) is 0 Å². The topological polar surface area (TPSA) is 51.4 Å². The smallest absolute Gasteiger partial charge is 0.129 e. The van der Waals surface area contributed by atoms with E-state index in [0.29, 0.717) is 23.7 Å². The lowest BCUT2D eigenvalue weighted by Gasteiger charge is -2.38. The Morgan fingerprint density at radius 2 is 2.39 bits per heavy atom. The van der Waals surface area contributed by atoms with Gasteiger partial charge < -0.3 is 15.4 Å². The zero-order valence-corrected chi connectivity index (χ0v) is 11.1. The number of nitrogens with two attached hydrogens (primary N) is 1. The van der Waals surface area contributed by atoms with Crippen LogP contribution in [0.4, 0.5) is 5.82 Å². The number of morpholine rings is 1. The number of fused-ring (bicyclic) bond motifs is 1. The number of hydrogen-bond acceptors (Lipinski definition) is 4. The second kappa shape index (κ2) is 5.03. The second-order valence-electron chi connectivity index (χ2n) is 4.94. The average Bonchev–Trinajstić information content (AvgIpc) is 2.87. The number of hydrogen-bond donors (Lipinski definition) is 1. The van der Waals surface area contributed by atoms with Crippen molar-refractivity contribution in [3.8, 4) is 0 Å². The highest BCUT2D eigenvalue weighted by atomic mass is 35.5. The third kappa shape index (κ3) is 2.09. The van der Waals surface area contributed by atoms with Crippen molar-refractivity contribution in [3.05, 3.63) is 22.8 Å². The van der Waals surface area contributed by atoms with E-state index in [-0.39, 0.29) is 0 Å². The minimum absolute atomic E-state index is 0.373. The number of pyridine rings is 1. The van der Waals surface area contributed by atoms with Crippen LogP contribution >= 0.6 is 11.6 Å². The summed E-state index contributed by atoms with van der Waals surface area (Å²) < 4.78 is 5.81. The van der Waals surface area contributed by atoms with Gasteiger partial charge in [-0.05, 0) is 30.9 Å². The van der Waals surface area contributed by atoms with Gasteiger partial charge >= 0.3 is 0 Å². The molecule has 0 radical (unpaired) electrons. The number of aromatic nitrogens is 1. The van der Waals surface area contributed by atoms with Gasteiger partial charge in [-0.25, -0.2) is 4.98 Å². The van der Waals surface area contributed by atoms with E-state index in [1.54, 1.807) is 6.20 Å². The molecule has 98 valence electrons. The number of anilines is 1. The van der Waals surface area contributed by atoms with E-state index in [9.17, 15) is 0 Å². The molecule has 1 saturated heterocycles. The van der Waals surface area contributed by atoms with Gasteiger partial charge in [0.15, 0.2) is 0 Å². The van der Waals surface area contributed by atoms with Crippen LogP contribution < -0.4 is 10.6 Å². The summed E-state index contributed by atoms with van der Waals surface area (Å²) in [5, 5.41) is 0.650. The second-order valence-corrected chi connectivity index (χ2v) is 5.35. The predicted octanol–water partition coefficient (Wildman–Crippen LogP) is 1.95. The molecule has 1 aromatic rings. The molecule has 18 heavy (non-hydrogen) atoms. The molecule has 5 heteroatoms. The normalized spacial score (nSPS) is 27.3. The lowest BCUT2D eigenvalue weighted by atomic mass is 10.1. The largest absolute Gasteiger partial charge is 0.374 e. The highest BCUT2D eigenvalue weighted by Crippen LogP contribution is 2.33. The van der Waals surface area contributed by atoms with Crippen LogP contribution in [-0.2, 0) is 11.3 Å². The SMILES string of the molecule is NCc1cc(N2CCOC3CCCC32)ncc1Cl. The van der Waals surface area contributed by atoms with Gasteiger partial charge in [-0.1, -0.05) is 11.6 Å². The number of rotatable bonds is 2. The van der Waals surface area contributed by atoms with Gasteiger partial charge in [0.2, 0.25) is 0 Å². The van der Waals surface area contributed by atoms with E-state index in [2.05, 4.69) is 9.88 Å². The maximum atomic E-state index is 6.06. The van der Waals surface area contributed by atoms with Crippen molar-refractivity contribution >= 4 is 17.4 Å². The Kier molecular flexibility index (Phi) is 3.41. The molecule has 1 saturated carbocycles. The van der Waals surface area contributed by atoms with E-state index in [0.717, 1.165) is 24.5 Å². The summed E-state index contributed by atoms with van der Waals surface area (Å²) in [6.07, 6.45) is 5.67. The Labute approximate surface area is 112 Å². The molecule has 1 aromatic heterocycles. The summed E-state index contributed by atoms with van der Waals surface area (Å²) in [6.45, 7) is 2.13. The maximum Gasteiger partial charge on any atom is 0.129 e. The lowest BCUT2D eigenvalue weighted by molar-refractivity contribution is 0.0253. The molecule has 2 unspecified atom stereocenters. The van der Waals surface area contributed by atoms with Gasteiger partial charge in [-0.15, -0.1) is 0 Å². The molecule has 1 aliphatic heterocycles. The molecular formula is C13H18ClN3O. The van der Waals surface area contributed by atoms with E-state index in [4.69, 9.17) is 22.1 Å². The highest BCUT2D eigenvalue weighted by molar-refractivity contribution is 6.31. The molecule has 4 nitrogen and oxygen atoms in total. The van der Waals surface area contributed by atoms with Gasteiger partial charge in [0.05, 0.1) is 23.8 Å². The first-order chi connectivity index (χ1) is 8.79. The van der Waals surface area contributed by atoms with Gasteiger partial charge in [-0.2, -0.15) is 0 Å². The monoisotopic (exact) mass is 267 g/mol. The molecule has 0 aromatic carbocycles. The van der Waals surface area contributed by atoms with Crippen LogP contribution in [0.2, 0.25) is 5.02 Å². The Morgan fingerprint density at radius 3 is 3.22 bits per heavy atom. The van der Waals surface area contributed by atoms with Crippen molar-refractivity contribution in [1.82, 2.24) is 4.98 Å². The van der Waals surface area contributed by atoms with Crippen molar-refractivity contribution in [2.45, 2.75) is 38.0 Å². The fourth-order valence-corrected chi connectivity index (χ4v) is 3.17. The number of nitrogens with zero attached hydrogens (tertiary/aromatic N) is 2. The van der Waals surface area contributed by atoms with Gasteiger partial charge in [0, 0.05) is 19.3 Å². The van der Waals surface area contributed by atoms with E-state index in [1.165, 1.54) is 19.3 Å². The predicted molar refractivity (Wildman–Crippen MR) is 71.9 cm³/mol. The molecular weight excluding hydrogens is 250 g/mol. The Hall–Kier alpha value is -0.840. The third-order valence-electron chi connectivity index (χ3n) is 3.92. The first-order valence-electron chi connectivity index (χ1n) is 6.52. The average molecular weight is 268 g/mol. The standard InChI is InChI=1S/C13H18ClN3O/c14-10-8-16-13(6-9(10)7-15)17-4-5-18-12-3-1-2-11(12)17/h6,8,11-12H,1-5,7,15H2. The first-order valence-corrected chi connectivity index (χ1v) is 6.90.